The van der Waals surface area contributed by atoms with Crippen LogP contribution < -0.4 is 0 Å². The van der Waals surface area contributed by atoms with Crippen LogP contribution in [0.1, 0.15) is 44.7 Å². The van der Waals surface area contributed by atoms with Crippen LogP contribution in [-0.4, -0.2) is 0 Å². The van der Waals surface area contributed by atoms with Crippen molar-refractivity contribution in [1.82, 2.24) is 0 Å². The maximum atomic E-state index is 2.31. The molecule has 0 saturated carbocycles. The summed E-state index contributed by atoms with van der Waals surface area (Å²) in [5.74, 6) is 0.568. The topological polar surface area (TPSA) is 0 Å². The molecular weight excluding hydrogens is 312 g/mol. The van der Waals surface area contributed by atoms with Crippen molar-refractivity contribution in [2.45, 2.75) is 40.5 Å². The van der Waals surface area contributed by atoms with E-state index in [1.165, 1.54) is 43.8 Å². The van der Waals surface area contributed by atoms with Gasteiger partial charge in [0.2, 0.25) is 0 Å². The molecule has 0 amide bonds. The first kappa shape index (κ1) is 18.2. The maximum absolute atomic E-state index is 2.31. The number of hydrogen-bond acceptors (Lipinski definition) is 0. The molecule has 132 valence electrons. The summed E-state index contributed by atoms with van der Waals surface area (Å²) in [5, 5.41) is 5.23. The molecule has 0 fully saturated rings. The molecule has 0 aliphatic carbocycles. The zero-order valence-electron chi connectivity index (χ0n) is 16.5. The summed E-state index contributed by atoms with van der Waals surface area (Å²) in [5.41, 5.74) is 5.27. The minimum atomic E-state index is 0.568. The highest BCUT2D eigenvalue weighted by molar-refractivity contribution is 5.91. The van der Waals surface area contributed by atoms with Crippen molar-refractivity contribution in [2.24, 2.45) is 0 Å². The smallest absolute Gasteiger partial charge is 0.0177 e. The number of hydrogen-bond donors (Lipinski definition) is 0. The van der Waals surface area contributed by atoms with Crippen LogP contribution in [0.4, 0.5) is 0 Å². The van der Waals surface area contributed by atoms with E-state index in [4.69, 9.17) is 0 Å². The van der Waals surface area contributed by atoms with Crippen LogP contribution in [0.3, 0.4) is 0 Å². The van der Waals surface area contributed by atoms with Crippen LogP contribution in [0.15, 0.2) is 72.8 Å². The predicted octanol–water partition coefficient (Wildman–Crippen LogP) is 8.12. The predicted molar refractivity (Wildman–Crippen MR) is 117 cm³/mol. The summed E-state index contributed by atoms with van der Waals surface area (Å²) >= 11 is 0. The Balaban J connectivity index is 0.000000948. The van der Waals surface area contributed by atoms with Gasteiger partial charge in [0.25, 0.3) is 0 Å². The van der Waals surface area contributed by atoms with E-state index in [1.807, 2.05) is 13.8 Å². The van der Waals surface area contributed by atoms with Crippen molar-refractivity contribution < 1.29 is 0 Å². The molecule has 0 heterocycles. The maximum Gasteiger partial charge on any atom is -0.0177 e. The third kappa shape index (κ3) is 3.65. The highest BCUT2D eigenvalue weighted by Gasteiger charge is 2.04. The number of fused-ring (bicyclic) bond motifs is 2. The molecular formula is C26H28. The van der Waals surface area contributed by atoms with Gasteiger partial charge >= 0.3 is 0 Å². The van der Waals surface area contributed by atoms with Crippen LogP contribution in [0, 0.1) is 6.92 Å². The third-order valence-electron chi connectivity index (χ3n) is 4.86. The summed E-state index contributed by atoms with van der Waals surface area (Å²) < 4.78 is 0. The highest BCUT2D eigenvalue weighted by Crippen LogP contribution is 2.29. The molecule has 0 aliphatic heterocycles. The number of benzene rings is 4. The molecule has 0 bridgehead atoms. The first-order chi connectivity index (χ1) is 12.6. The minimum Gasteiger partial charge on any atom is -0.0683 e. The Kier molecular flexibility index (Phi) is 5.42. The van der Waals surface area contributed by atoms with Crippen LogP contribution in [0.2, 0.25) is 0 Å². The molecule has 0 atom stereocenters. The molecule has 0 nitrogen and oxygen atoms in total. The SMILES string of the molecule is CC.Cc1ccc2cc(-c3ccc4cc(C(C)C)ccc4c3)ccc2c1. The fourth-order valence-electron chi connectivity index (χ4n) is 3.35. The van der Waals surface area contributed by atoms with E-state index in [1.54, 1.807) is 0 Å². The van der Waals surface area contributed by atoms with Gasteiger partial charge in [0.05, 0.1) is 0 Å². The lowest BCUT2D eigenvalue weighted by Crippen LogP contribution is -1.87. The molecule has 0 aliphatic rings. The van der Waals surface area contributed by atoms with Crippen molar-refractivity contribution in [3.63, 3.8) is 0 Å². The molecule has 26 heavy (non-hydrogen) atoms. The van der Waals surface area contributed by atoms with Crippen molar-refractivity contribution >= 4 is 21.5 Å². The molecule has 0 N–H and O–H groups in total. The van der Waals surface area contributed by atoms with E-state index >= 15 is 0 Å². The summed E-state index contributed by atoms with van der Waals surface area (Å²) in [6, 6.07) is 27.0. The Morgan fingerprint density at radius 2 is 1.00 bits per heavy atom. The Bertz CT molecular complexity index is 1040. The molecule has 4 rings (SSSR count). The van der Waals surface area contributed by atoms with Gasteiger partial charge in [-0.25, -0.2) is 0 Å². The first-order valence-corrected chi connectivity index (χ1v) is 9.65. The second-order valence-corrected chi connectivity index (χ2v) is 7.04. The zero-order chi connectivity index (χ0) is 18.7. The Labute approximate surface area is 157 Å². The average molecular weight is 341 g/mol. The quantitative estimate of drug-likeness (QED) is 0.345. The van der Waals surface area contributed by atoms with Crippen LogP contribution >= 0.6 is 0 Å². The normalized spacial score (nSPS) is 10.8. The molecule has 0 spiro atoms. The largest absolute Gasteiger partial charge is 0.0683 e. The van der Waals surface area contributed by atoms with E-state index in [0.29, 0.717) is 5.92 Å². The monoisotopic (exact) mass is 340 g/mol. The van der Waals surface area contributed by atoms with E-state index in [-0.39, 0.29) is 0 Å². The molecule has 0 saturated heterocycles. The molecule has 0 aromatic heterocycles. The van der Waals surface area contributed by atoms with Crippen LogP contribution in [0.5, 0.6) is 0 Å². The highest BCUT2D eigenvalue weighted by atomic mass is 14.1. The molecule has 4 aromatic carbocycles. The molecule has 4 aromatic rings. The third-order valence-corrected chi connectivity index (χ3v) is 4.86. The van der Waals surface area contributed by atoms with Gasteiger partial charge in [0.15, 0.2) is 0 Å². The lowest BCUT2D eigenvalue weighted by molar-refractivity contribution is 0.869. The van der Waals surface area contributed by atoms with E-state index < -0.39 is 0 Å². The van der Waals surface area contributed by atoms with Gasteiger partial charge in [-0.15, -0.1) is 0 Å². The van der Waals surface area contributed by atoms with Crippen molar-refractivity contribution in [3.8, 4) is 11.1 Å². The van der Waals surface area contributed by atoms with Crippen molar-refractivity contribution in [1.29, 1.82) is 0 Å². The Morgan fingerprint density at radius 1 is 0.538 bits per heavy atom. The van der Waals surface area contributed by atoms with Gasteiger partial charge in [-0.2, -0.15) is 0 Å². The summed E-state index contributed by atoms with van der Waals surface area (Å²) in [6.45, 7) is 10.6. The minimum absolute atomic E-state index is 0.568. The number of aryl methyl sites for hydroxylation is 1. The number of rotatable bonds is 2. The Hall–Kier alpha value is -2.60. The molecule has 0 unspecified atom stereocenters. The lowest BCUT2D eigenvalue weighted by atomic mass is 9.95. The van der Waals surface area contributed by atoms with E-state index in [0.717, 1.165) is 0 Å². The standard InChI is InChI=1S/C24H22.C2H6/c1-16(2)18-6-7-22-15-24(11-10-21(22)13-18)23-9-8-19-12-17(3)4-5-20(19)14-23;1-2/h4-16H,1-3H3;1-2H3. The fourth-order valence-corrected chi connectivity index (χ4v) is 3.35. The average Bonchev–Trinajstić information content (AvgIpc) is 2.68. The lowest BCUT2D eigenvalue weighted by Gasteiger charge is -2.09. The molecule has 0 radical (unpaired) electrons. The summed E-state index contributed by atoms with van der Waals surface area (Å²) in [7, 11) is 0. The van der Waals surface area contributed by atoms with Gasteiger partial charge in [-0.3, -0.25) is 0 Å². The fraction of sp³-hybridized carbons (Fsp3) is 0.231. The second-order valence-electron chi connectivity index (χ2n) is 7.04. The zero-order valence-corrected chi connectivity index (χ0v) is 16.5. The Morgan fingerprint density at radius 3 is 1.58 bits per heavy atom. The van der Waals surface area contributed by atoms with Crippen molar-refractivity contribution in [3.05, 3.63) is 83.9 Å². The summed E-state index contributed by atoms with van der Waals surface area (Å²) in [6.07, 6.45) is 0. The van der Waals surface area contributed by atoms with Crippen LogP contribution in [0.25, 0.3) is 32.7 Å². The van der Waals surface area contributed by atoms with Gasteiger partial charge < -0.3 is 0 Å². The first-order valence-electron chi connectivity index (χ1n) is 9.65. The van der Waals surface area contributed by atoms with Crippen molar-refractivity contribution in [2.75, 3.05) is 0 Å². The van der Waals surface area contributed by atoms with E-state index in [9.17, 15) is 0 Å². The van der Waals surface area contributed by atoms with E-state index in [2.05, 4.69) is 93.6 Å². The summed E-state index contributed by atoms with van der Waals surface area (Å²) in [4.78, 5) is 0. The van der Waals surface area contributed by atoms with Crippen LogP contribution in [-0.2, 0) is 0 Å². The molecule has 0 heteroatoms. The van der Waals surface area contributed by atoms with Gasteiger partial charge in [0.1, 0.15) is 0 Å². The second kappa shape index (κ2) is 7.74. The van der Waals surface area contributed by atoms with Gasteiger partial charge in [-0.1, -0.05) is 93.9 Å². The van der Waals surface area contributed by atoms with Gasteiger partial charge in [0, 0.05) is 0 Å². The van der Waals surface area contributed by atoms with Gasteiger partial charge in [-0.05, 0) is 63.2 Å².